The fraction of sp³-hybridized carbons (Fsp3) is 0.600. The summed E-state index contributed by atoms with van der Waals surface area (Å²) in [6.07, 6.45) is 2.60. The molecule has 1 aliphatic rings. The molecule has 2 rings (SSSR count). The molecule has 0 heterocycles. The van der Waals surface area contributed by atoms with Gasteiger partial charge in [0.25, 0.3) is 0 Å². The topological polar surface area (TPSA) is 15.3 Å². The Hall–Kier alpha value is -0.860. The summed E-state index contributed by atoms with van der Waals surface area (Å²) in [4.78, 5) is 2.23. The van der Waals surface area contributed by atoms with Crippen LogP contribution >= 0.6 is 0 Å². The molecule has 0 atom stereocenters. The normalized spacial score (nSPS) is 23.8. The molecular weight excluding hydrogens is 208 g/mol. The first-order valence-corrected chi connectivity index (χ1v) is 6.60. The largest absolute Gasteiger partial charge is 0.313 e. The third kappa shape index (κ3) is 3.55. The molecule has 2 heteroatoms. The van der Waals surface area contributed by atoms with Crippen molar-refractivity contribution in [3.8, 4) is 0 Å². The molecule has 0 bridgehead atoms. The molecular formula is C15H24N2. The molecule has 94 valence electrons. The lowest BCUT2D eigenvalue weighted by Gasteiger charge is -2.36. The van der Waals surface area contributed by atoms with Crippen molar-refractivity contribution >= 4 is 0 Å². The summed E-state index contributed by atoms with van der Waals surface area (Å²) in [5, 5.41) is 3.62. The van der Waals surface area contributed by atoms with Crippen molar-refractivity contribution in [2.45, 2.75) is 31.7 Å². The highest BCUT2D eigenvalue weighted by molar-refractivity contribution is 5.26. The molecule has 1 saturated carbocycles. The fourth-order valence-electron chi connectivity index (χ4n) is 2.39. The first-order chi connectivity index (χ1) is 8.15. The van der Waals surface area contributed by atoms with Crippen LogP contribution in [0.15, 0.2) is 24.3 Å². The van der Waals surface area contributed by atoms with E-state index >= 15 is 0 Å². The molecule has 0 amide bonds. The molecule has 0 aromatic heterocycles. The number of rotatable bonds is 5. The predicted molar refractivity (Wildman–Crippen MR) is 73.5 cm³/mol. The molecule has 0 aliphatic heterocycles. The fourth-order valence-corrected chi connectivity index (χ4v) is 2.39. The van der Waals surface area contributed by atoms with E-state index in [1.165, 1.54) is 24.0 Å². The minimum atomic E-state index is 0.737. The molecule has 17 heavy (non-hydrogen) atoms. The summed E-state index contributed by atoms with van der Waals surface area (Å²) in [6.45, 7) is 4.39. The summed E-state index contributed by atoms with van der Waals surface area (Å²) in [6, 6.07) is 9.76. The first-order valence-electron chi connectivity index (χ1n) is 6.60. The third-order valence-electron chi connectivity index (χ3n) is 3.68. The van der Waals surface area contributed by atoms with Gasteiger partial charge in [-0.2, -0.15) is 0 Å². The van der Waals surface area contributed by atoms with Crippen LogP contribution in [-0.2, 0) is 0 Å². The molecule has 2 nitrogen and oxygen atoms in total. The number of likely N-dealkylation sites (N-methyl/N-ethyl adjacent to an activating group) is 1. The Morgan fingerprint density at radius 3 is 2.41 bits per heavy atom. The Morgan fingerprint density at radius 2 is 1.82 bits per heavy atom. The van der Waals surface area contributed by atoms with Crippen molar-refractivity contribution in [2.75, 3.05) is 27.2 Å². The van der Waals surface area contributed by atoms with Gasteiger partial charge >= 0.3 is 0 Å². The van der Waals surface area contributed by atoms with Crippen LogP contribution in [0.3, 0.4) is 0 Å². The second-order valence-corrected chi connectivity index (χ2v) is 5.53. The van der Waals surface area contributed by atoms with Crippen LogP contribution in [0.4, 0.5) is 0 Å². The van der Waals surface area contributed by atoms with E-state index < -0.39 is 0 Å². The van der Waals surface area contributed by atoms with Crippen LogP contribution < -0.4 is 5.32 Å². The van der Waals surface area contributed by atoms with E-state index in [0.717, 1.165) is 25.0 Å². The minimum absolute atomic E-state index is 0.737. The van der Waals surface area contributed by atoms with Gasteiger partial charge in [-0.05, 0) is 45.3 Å². The monoisotopic (exact) mass is 232 g/mol. The Morgan fingerprint density at radius 1 is 1.18 bits per heavy atom. The summed E-state index contributed by atoms with van der Waals surface area (Å²) in [5.41, 5.74) is 2.87. The van der Waals surface area contributed by atoms with Gasteiger partial charge in [0.1, 0.15) is 0 Å². The highest BCUT2D eigenvalue weighted by Gasteiger charge is 2.29. The Labute approximate surface area is 105 Å². The van der Waals surface area contributed by atoms with E-state index in [9.17, 15) is 0 Å². The molecule has 1 aromatic carbocycles. The highest BCUT2D eigenvalue weighted by Crippen LogP contribution is 2.36. The second-order valence-electron chi connectivity index (χ2n) is 5.53. The third-order valence-corrected chi connectivity index (χ3v) is 3.68. The van der Waals surface area contributed by atoms with Gasteiger partial charge in [0, 0.05) is 19.1 Å². The van der Waals surface area contributed by atoms with E-state index in [1.807, 2.05) is 0 Å². The van der Waals surface area contributed by atoms with Crippen LogP contribution in [0.5, 0.6) is 0 Å². The van der Waals surface area contributed by atoms with Gasteiger partial charge in [0.05, 0.1) is 0 Å². The predicted octanol–water partition coefficient (Wildman–Crippen LogP) is 2.39. The number of nitrogens with zero attached hydrogens (tertiary/aromatic N) is 1. The van der Waals surface area contributed by atoms with Gasteiger partial charge in [-0.25, -0.2) is 0 Å². The van der Waals surface area contributed by atoms with Crippen molar-refractivity contribution in [3.05, 3.63) is 35.4 Å². The maximum Gasteiger partial charge on any atom is 0.0101 e. The van der Waals surface area contributed by atoms with Crippen molar-refractivity contribution < 1.29 is 0 Å². The maximum atomic E-state index is 3.62. The van der Waals surface area contributed by atoms with Crippen molar-refractivity contribution in [1.29, 1.82) is 0 Å². The first kappa shape index (κ1) is 12.6. The van der Waals surface area contributed by atoms with E-state index in [4.69, 9.17) is 0 Å². The lowest BCUT2D eigenvalue weighted by atomic mass is 9.76. The second kappa shape index (κ2) is 5.65. The van der Waals surface area contributed by atoms with Crippen molar-refractivity contribution in [1.82, 2.24) is 10.2 Å². The van der Waals surface area contributed by atoms with Gasteiger partial charge in [-0.1, -0.05) is 29.8 Å². The minimum Gasteiger partial charge on any atom is -0.313 e. The van der Waals surface area contributed by atoms with Crippen LogP contribution in [0, 0.1) is 6.92 Å². The van der Waals surface area contributed by atoms with Crippen LogP contribution in [-0.4, -0.2) is 38.1 Å². The average Bonchev–Trinajstić information content (AvgIpc) is 2.23. The van der Waals surface area contributed by atoms with Crippen LogP contribution in [0.25, 0.3) is 0 Å². The van der Waals surface area contributed by atoms with Gasteiger partial charge in [0.2, 0.25) is 0 Å². The maximum absolute atomic E-state index is 3.62. The van der Waals surface area contributed by atoms with E-state index in [0.29, 0.717) is 0 Å². The molecule has 0 unspecified atom stereocenters. The summed E-state index contributed by atoms with van der Waals surface area (Å²) < 4.78 is 0. The number of nitrogens with one attached hydrogen (secondary N) is 1. The lowest BCUT2D eigenvalue weighted by Crippen LogP contribution is -2.42. The number of hydrogen-bond donors (Lipinski definition) is 1. The van der Waals surface area contributed by atoms with Crippen LogP contribution in [0.1, 0.15) is 29.9 Å². The Balaban J connectivity index is 1.70. The summed E-state index contributed by atoms with van der Waals surface area (Å²) >= 11 is 0. The number of benzene rings is 1. The van der Waals surface area contributed by atoms with Crippen LogP contribution in [0.2, 0.25) is 0 Å². The molecule has 1 fully saturated rings. The molecule has 0 radical (unpaired) electrons. The van der Waals surface area contributed by atoms with Gasteiger partial charge in [-0.3, -0.25) is 0 Å². The van der Waals surface area contributed by atoms with E-state index in [1.54, 1.807) is 0 Å². The number of aryl methyl sites for hydroxylation is 1. The molecule has 1 aromatic rings. The highest BCUT2D eigenvalue weighted by atomic mass is 15.1. The number of hydrogen-bond acceptors (Lipinski definition) is 2. The zero-order chi connectivity index (χ0) is 12.3. The quantitative estimate of drug-likeness (QED) is 0.838. The molecule has 0 spiro atoms. The van der Waals surface area contributed by atoms with Gasteiger partial charge in [-0.15, -0.1) is 0 Å². The van der Waals surface area contributed by atoms with E-state index in [2.05, 4.69) is 55.5 Å². The molecule has 1 aliphatic carbocycles. The van der Waals surface area contributed by atoms with Crippen molar-refractivity contribution in [3.63, 3.8) is 0 Å². The standard InChI is InChI=1S/C15H24N2/c1-12-4-6-13(7-5-12)14-10-15(11-14)16-8-9-17(2)3/h4-7,14-16H,8-11H2,1-3H3. The zero-order valence-corrected chi connectivity index (χ0v) is 11.2. The molecule has 1 N–H and O–H groups in total. The van der Waals surface area contributed by atoms with E-state index in [-0.39, 0.29) is 0 Å². The van der Waals surface area contributed by atoms with Gasteiger partial charge in [0.15, 0.2) is 0 Å². The summed E-state index contributed by atoms with van der Waals surface area (Å²) in [7, 11) is 4.25. The zero-order valence-electron chi connectivity index (χ0n) is 11.2. The average molecular weight is 232 g/mol. The smallest absolute Gasteiger partial charge is 0.0101 e. The molecule has 0 saturated heterocycles. The SMILES string of the molecule is Cc1ccc(C2CC(NCCN(C)C)C2)cc1. The Kier molecular flexibility index (Phi) is 4.19. The van der Waals surface area contributed by atoms with Gasteiger partial charge < -0.3 is 10.2 Å². The summed E-state index contributed by atoms with van der Waals surface area (Å²) in [5.74, 6) is 0.785. The lowest BCUT2D eigenvalue weighted by molar-refractivity contribution is 0.278. The van der Waals surface area contributed by atoms with Crippen molar-refractivity contribution in [2.24, 2.45) is 0 Å². The Bertz CT molecular complexity index is 336.